The van der Waals surface area contributed by atoms with E-state index in [0.717, 1.165) is 0 Å². The molecule has 0 aliphatic heterocycles. The first-order chi connectivity index (χ1) is 9.43. The van der Waals surface area contributed by atoms with Crippen molar-refractivity contribution in [1.29, 1.82) is 0 Å². The van der Waals surface area contributed by atoms with E-state index in [9.17, 15) is 14.0 Å². The molecule has 0 saturated heterocycles. The molecule has 0 radical (unpaired) electrons. The fourth-order valence-corrected chi connectivity index (χ4v) is 1.24. The molecule has 0 spiro atoms. The highest BCUT2D eigenvalue weighted by molar-refractivity contribution is 5.76. The summed E-state index contributed by atoms with van der Waals surface area (Å²) >= 11 is 0. The topological polar surface area (TPSA) is 73.9 Å². The van der Waals surface area contributed by atoms with Crippen LogP contribution in [0.15, 0.2) is 0 Å². The van der Waals surface area contributed by atoms with Gasteiger partial charge < -0.3 is 19.5 Å². The molecule has 2 atom stereocenters. The first-order valence-corrected chi connectivity index (χ1v) is 6.58. The number of amides is 1. The molecule has 0 heterocycles. The van der Waals surface area contributed by atoms with Gasteiger partial charge in [-0.2, -0.15) is 0 Å². The molecule has 0 aliphatic rings. The average molecular weight is 293 g/mol. The Labute approximate surface area is 118 Å². The average Bonchev–Trinajstić information content (AvgIpc) is 2.38. The number of alkyl halides is 1. The summed E-state index contributed by atoms with van der Waals surface area (Å²) in [6.07, 6.45) is -1.86. The van der Waals surface area contributed by atoms with Crippen molar-refractivity contribution in [2.24, 2.45) is 0 Å². The zero-order valence-corrected chi connectivity index (χ0v) is 12.3. The second-order valence-electron chi connectivity index (χ2n) is 4.40. The van der Waals surface area contributed by atoms with Crippen LogP contribution in [0.3, 0.4) is 0 Å². The molecule has 7 heteroatoms. The van der Waals surface area contributed by atoms with E-state index >= 15 is 0 Å². The minimum Gasteiger partial charge on any atom is -0.377 e. The number of carbonyl (C=O) groups is 2. The van der Waals surface area contributed by atoms with Gasteiger partial charge in [-0.25, -0.2) is 4.39 Å². The van der Waals surface area contributed by atoms with E-state index in [0.29, 0.717) is 19.8 Å². The molecule has 0 rings (SSSR count). The van der Waals surface area contributed by atoms with E-state index < -0.39 is 12.3 Å². The molecule has 0 aromatic heterocycles. The minimum atomic E-state index is -1.25. The van der Waals surface area contributed by atoms with Gasteiger partial charge in [0.15, 0.2) is 5.78 Å². The van der Waals surface area contributed by atoms with Crippen LogP contribution in [0.25, 0.3) is 0 Å². The first-order valence-electron chi connectivity index (χ1n) is 6.58. The van der Waals surface area contributed by atoms with E-state index in [1.807, 2.05) is 0 Å². The van der Waals surface area contributed by atoms with Crippen molar-refractivity contribution >= 4 is 11.7 Å². The maximum Gasteiger partial charge on any atom is 0.216 e. The van der Waals surface area contributed by atoms with Gasteiger partial charge in [0.25, 0.3) is 0 Å². The standard InChI is InChI=1S/C13H24FNO5/c1-10(16)9-19-5-4-18-6-7-20-11(2)13(14)8-15-12(3)17/h11,13H,4-9H2,1-3H3,(H,15,17). The number of ketones is 1. The molecular formula is C13H24FNO5. The van der Waals surface area contributed by atoms with Gasteiger partial charge in [0.2, 0.25) is 5.91 Å². The number of nitrogens with one attached hydrogen (secondary N) is 1. The van der Waals surface area contributed by atoms with Crippen LogP contribution in [0.4, 0.5) is 4.39 Å². The van der Waals surface area contributed by atoms with Gasteiger partial charge in [0, 0.05) is 6.92 Å². The lowest BCUT2D eigenvalue weighted by molar-refractivity contribution is -0.122. The van der Waals surface area contributed by atoms with Crippen LogP contribution < -0.4 is 5.32 Å². The minimum absolute atomic E-state index is 0.0321. The van der Waals surface area contributed by atoms with Crippen molar-refractivity contribution in [1.82, 2.24) is 5.32 Å². The zero-order chi connectivity index (χ0) is 15.4. The SMILES string of the molecule is CC(=O)COCCOCCOC(C)C(F)CNC(C)=O. The van der Waals surface area contributed by atoms with Crippen LogP contribution in [0, 0.1) is 0 Å². The number of halogens is 1. The Hall–Kier alpha value is -1.05. The molecule has 1 amide bonds. The van der Waals surface area contributed by atoms with Crippen LogP contribution in [-0.4, -0.2) is 63.5 Å². The maximum absolute atomic E-state index is 13.5. The molecule has 0 aromatic rings. The molecule has 20 heavy (non-hydrogen) atoms. The van der Waals surface area contributed by atoms with E-state index in [1.54, 1.807) is 6.92 Å². The van der Waals surface area contributed by atoms with Gasteiger partial charge in [0.05, 0.1) is 39.1 Å². The molecule has 6 nitrogen and oxygen atoms in total. The summed E-state index contributed by atoms with van der Waals surface area (Å²) in [5.74, 6) is -0.302. The summed E-state index contributed by atoms with van der Waals surface area (Å²) in [6.45, 7) is 5.68. The van der Waals surface area contributed by atoms with Crippen molar-refractivity contribution in [3.8, 4) is 0 Å². The number of rotatable bonds is 12. The predicted molar refractivity (Wildman–Crippen MR) is 71.3 cm³/mol. The van der Waals surface area contributed by atoms with E-state index in [1.165, 1.54) is 13.8 Å². The van der Waals surface area contributed by atoms with E-state index in [-0.39, 0.29) is 31.4 Å². The summed E-state index contributed by atoms with van der Waals surface area (Å²) in [6, 6.07) is 0. The van der Waals surface area contributed by atoms with Crippen LogP contribution in [0.5, 0.6) is 0 Å². The molecule has 2 unspecified atom stereocenters. The van der Waals surface area contributed by atoms with Crippen molar-refractivity contribution in [3.63, 3.8) is 0 Å². The van der Waals surface area contributed by atoms with Crippen molar-refractivity contribution < 1.29 is 28.2 Å². The van der Waals surface area contributed by atoms with Gasteiger partial charge in [-0.05, 0) is 13.8 Å². The fraction of sp³-hybridized carbons (Fsp3) is 0.846. The van der Waals surface area contributed by atoms with Crippen LogP contribution in [0.1, 0.15) is 20.8 Å². The third-order valence-corrected chi connectivity index (χ3v) is 2.34. The molecule has 0 aliphatic carbocycles. The normalized spacial score (nSPS) is 13.8. The molecule has 0 bridgehead atoms. The van der Waals surface area contributed by atoms with E-state index in [4.69, 9.17) is 14.2 Å². The second-order valence-corrected chi connectivity index (χ2v) is 4.40. The van der Waals surface area contributed by atoms with Crippen LogP contribution >= 0.6 is 0 Å². The number of hydrogen-bond donors (Lipinski definition) is 1. The Bertz CT molecular complexity index is 288. The summed E-state index contributed by atoms with van der Waals surface area (Å²) in [5.41, 5.74) is 0. The third kappa shape index (κ3) is 12.0. The largest absolute Gasteiger partial charge is 0.377 e. The van der Waals surface area contributed by atoms with Crippen molar-refractivity contribution in [2.75, 3.05) is 39.6 Å². The fourth-order valence-electron chi connectivity index (χ4n) is 1.24. The summed E-state index contributed by atoms with van der Waals surface area (Å²) in [7, 11) is 0. The van der Waals surface area contributed by atoms with E-state index in [2.05, 4.69) is 5.32 Å². The van der Waals surface area contributed by atoms with Gasteiger partial charge in [0.1, 0.15) is 12.8 Å². The van der Waals surface area contributed by atoms with Crippen LogP contribution in [-0.2, 0) is 23.8 Å². The maximum atomic E-state index is 13.5. The molecule has 118 valence electrons. The molecule has 0 fully saturated rings. The smallest absolute Gasteiger partial charge is 0.216 e. The van der Waals surface area contributed by atoms with Gasteiger partial charge in [-0.1, -0.05) is 0 Å². The van der Waals surface area contributed by atoms with Crippen LogP contribution in [0.2, 0.25) is 0 Å². The van der Waals surface area contributed by atoms with Crippen molar-refractivity contribution in [2.45, 2.75) is 33.0 Å². The molecule has 0 aromatic carbocycles. The Morgan fingerprint density at radius 2 is 1.70 bits per heavy atom. The molecule has 1 N–H and O–H groups in total. The lowest BCUT2D eigenvalue weighted by Gasteiger charge is -2.17. The van der Waals surface area contributed by atoms with Gasteiger partial charge in [-0.3, -0.25) is 9.59 Å². The summed E-state index contributed by atoms with van der Waals surface area (Å²) in [4.78, 5) is 21.2. The highest BCUT2D eigenvalue weighted by Crippen LogP contribution is 2.02. The zero-order valence-electron chi connectivity index (χ0n) is 12.3. The third-order valence-electron chi connectivity index (χ3n) is 2.34. The predicted octanol–water partition coefficient (Wildman–Crippen LogP) is 0.488. The Balaban J connectivity index is 3.40. The van der Waals surface area contributed by atoms with Gasteiger partial charge in [-0.15, -0.1) is 0 Å². The van der Waals surface area contributed by atoms with Crippen molar-refractivity contribution in [3.05, 3.63) is 0 Å². The molecular weight excluding hydrogens is 269 g/mol. The number of Topliss-reactive ketones (excluding diaryl/α,β-unsaturated/α-hetero) is 1. The summed E-state index contributed by atoms with van der Waals surface area (Å²) < 4.78 is 28.9. The quantitative estimate of drug-likeness (QED) is 0.530. The second kappa shape index (κ2) is 11.7. The lowest BCUT2D eigenvalue weighted by Crippen LogP contribution is -2.35. The Morgan fingerprint density at radius 3 is 2.30 bits per heavy atom. The first kappa shape index (κ1) is 18.9. The van der Waals surface area contributed by atoms with Gasteiger partial charge >= 0.3 is 0 Å². The molecule has 0 saturated carbocycles. The number of carbonyl (C=O) groups excluding carboxylic acids is 2. The highest BCUT2D eigenvalue weighted by Gasteiger charge is 2.16. The Morgan fingerprint density at radius 1 is 1.10 bits per heavy atom. The monoisotopic (exact) mass is 293 g/mol. The highest BCUT2D eigenvalue weighted by atomic mass is 19.1. The lowest BCUT2D eigenvalue weighted by atomic mass is 10.2. The number of hydrogen-bond acceptors (Lipinski definition) is 5. The summed E-state index contributed by atoms with van der Waals surface area (Å²) in [5, 5.41) is 2.39. The number of ether oxygens (including phenoxy) is 3. The Kier molecular flexibility index (Phi) is 11.1.